The number of benzene rings is 2. The molecule has 0 bridgehead atoms. The highest BCUT2D eigenvalue weighted by atomic mass is 35.5. The van der Waals surface area contributed by atoms with Crippen LogP contribution in [0.4, 0.5) is 0 Å². The molecule has 2 aromatic carbocycles. The number of hydrogen-bond acceptors (Lipinski definition) is 4. The average Bonchev–Trinajstić information content (AvgIpc) is 2.60. The summed E-state index contributed by atoms with van der Waals surface area (Å²) in [5.41, 5.74) is 0.832. The monoisotopic (exact) mass is 395 g/mol. The number of hydrogen-bond donors (Lipinski definition) is 1. The second-order valence-corrected chi connectivity index (χ2v) is 8.42. The standard InChI is InChI=1S/C19H22ClNO4S/c1-4-17(14-9-11-15(12-10-14)26(3,23)24)21-19(22)13(2)25-18-8-6-5-7-16(18)20/h5-13,17H,4H2,1-3H3,(H,21,22)/t13-,17+/m1/s1. The van der Waals surface area contributed by atoms with E-state index in [0.29, 0.717) is 17.2 Å². The lowest BCUT2D eigenvalue weighted by Gasteiger charge is -2.21. The van der Waals surface area contributed by atoms with Crippen LogP contribution in [-0.4, -0.2) is 26.7 Å². The minimum atomic E-state index is -3.25. The summed E-state index contributed by atoms with van der Waals surface area (Å²) >= 11 is 6.05. The Morgan fingerprint density at radius 1 is 1.15 bits per heavy atom. The molecule has 0 aliphatic heterocycles. The molecule has 0 spiro atoms. The van der Waals surface area contributed by atoms with Crippen molar-refractivity contribution in [3.05, 3.63) is 59.1 Å². The smallest absolute Gasteiger partial charge is 0.261 e. The lowest BCUT2D eigenvalue weighted by Crippen LogP contribution is -2.38. The SMILES string of the molecule is CC[C@H](NC(=O)[C@@H](C)Oc1ccccc1Cl)c1ccc(S(C)(=O)=O)cc1. The van der Waals surface area contributed by atoms with Crippen LogP contribution in [0.1, 0.15) is 31.9 Å². The van der Waals surface area contributed by atoms with Crippen molar-refractivity contribution in [3.8, 4) is 5.75 Å². The van der Waals surface area contributed by atoms with Gasteiger partial charge in [0.1, 0.15) is 5.75 Å². The van der Waals surface area contributed by atoms with Crippen LogP contribution in [0.5, 0.6) is 5.75 Å². The molecular formula is C19H22ClNO4S. The number of carbonyl (C=O) groups is 1. The second-order valence-electron chi connectivity index (χ2n) is 6.00. The Bertz CT molecular complexity index is 865. The fraction of sp³-hybridized carbons (Fsp3) is 0.316. The molecular weight excluding hydrogens is 374 g/mol. The van der Waals surface area contributed by atoms with Gasteiger partial charge in [-0.2, -0.15) is 0 Å². The normalized spacial score (nSPS) is 13.7. The van der Waals surface area contributed by atoms with Crippen LogP contribution in [0.3, 0.4) is 0 Å². The van der Waals surface area contributed by atoms with Gasteiger partial charge in [-0.05, 0) is 43.2 Å². The van der Waals surface area contributed by atoms with Crippen LogP contribution in [0.2, 0.25) is 5.02 Å². The predicted molar refractivity (Wildman–Crippen MR) is 102 cm³/mol. The zero-order valence-corrected chi connectivity index (χ0v) is 16.5. The summed E-state index contributed by atoms with van der Waals surface area (Å²) in [7, 11) is -3.25. The molecule has 0 heterocycles. The zero-order chi connectivity index (χ0) is 19.3. The summed E-state index contributed by atoms with van der Waals surface area (Å²) in [6.07, 6.45) is 1.09. The Hall–Kier alpha value is -2.05. The van der Waals surface area contributed by atoms with Crippen molar-refractivity contribution in [3.63, 3.8) is 0 Å². The topological polar surface area (TPSA) is 72.5 Å². The van der Waals surface area contributed by atoms with Crippen LogP contribution >= 0.6 is 11.6 Å². The number of sulfone groups is 1. The van der Waals surface area contributed by atoms with Crippen molar-refractivity contribution in [1.29, 1.82) is 0 Å². The van der Waals surface area contributed by atoms with Crippen LogP contribution in [0, 0.1) is 0 Å². The Kier molecular flexibility index (Phi) is 6.67. The summed E-state index contributed by atoms with van der Waals surface area (Å²) in [4.78, 5) is 12.7. The van der Waals surface area contributed by atoms with Gasteiger partial charge in [-0.25, -0.2) is 8.42 Å². The fourth-order valence-corrected chi connectivity index (χ4v) is 3.25. The highest BCUT2D eigenvalue weighted by Gasteiger charge is 2.20. The quantitative estimate of drug-likeness (QED) is 0.774. The van der Waals surface area contributed by atoms with E-state index in [2.05, 4.69) is 5.32 Å². The predicted octanol–water partition coefficient (Wildman–Crippen LogP) is 3.78. The Morgan fingerprint density at radius 2 is 1.77 bits per heavy atom. The summed E-state index contributed by atoms with van der Waals surface area (Å²) in [6, 6.07) is 13.2. The molecule has 2 atom stereocenters. The molecule has 140 valence electrons. The van der Waals surface area contributed by atoms with Crippen molar-refractivity contribution in [2.75, 3.05) is 6.26 Å². The van der Waals surface area contributed by atoms with Crippen molar-refractivity contribution in [2.45, 2.75) is 37.3 Å². The molecule has 0 unspecified atom stereocenters. The number of ether oxygens (including phenoxy) is 1. The minimum absolute atomic E-state index is 0.242. The lowest BCUT2D eigenvalue weighted by molar-refractivity contribution is -0.128. The first-order valence-electron chi connectivity index (χ1n) is 8.24. The molecule has 5 nitrogen and oxygen atoms in total. The highest BCUT2D eigenvalue weighted by Crippen LogP contribution is 2.25. The van der Waals surface area contributed by atoms with Crippen molar-refractivity contribution >= 4 is 27.3 Å². The first-order chi connectivity index (χ1) is 12.2. The van der Waals surface area contributed by atoms with E-state index >= 15 is 0 Å². The van der Waals surface area contributed by atoms with Gasteiger partial charge < -0.3 is 10.1 Å². The van der Waals surface area contributed by atoms with Crippen LogP contribution in [0.25, 0.3) is 0 Å². The maximum absolute atomic E-state index is 12.5. The number of carbonyl (C=O) groups excluding carboxylic acids is 1. The van der Waals surface area contributed by atoms with E-state index in [-0.39, 0.29) is 16.8 Å². The average molecular weight is 396 g/mol. The van der Waals surface area contributed by atoms with E-state index in [4.69, 9.17) is 16.3 Å². The zero-order valence-electron chi connectivity index (χ0n) is 14.9. The Morgan fingerprint density at radius 3 is 2.31 bits per heavy atom. The van der Waals surface area contributed by atoms with E-state index in [0.717, 1.165) is 11.8 Å². The first kappa shape index (κ1) is 20.3. The lowest BCUT2D eigenvalue weighted by atomic mass is 10.0. The molecule has 26 heavy (non-hydrogen) atoms. The van der Waals surface area contributed by atoms with Crippen LogP contribution in [-0.2, 0) is 14.6 Å². The van der Waals surface area contributed by atoms with Crippen molar-refractivity contribution < 1.29 is 17.9 Å². The van der Waals surface area contributed by atoms with Gasteiger partial charge in [0.15, 0.2) is 15.9 Å². The summed E-state index contributed by atoms with van der Waals surface area (Å²) in [5.74, 6) is 0.173. The molecule has 0 aromatic heterocycles. The molecule has 1 amide bonds. The van der Waals surface area contributed by atoms with Crippen LogP contribution < -0.4 is 10.1 Å². The van der Waals surface area contributed by atoms with E-state index in [9.17, 15) is 13.2 Å². The fourth-order valence-electron chi connectivity index (χ4n) is 2.44. The van der Waals surface area contributed by atoms with E-state index in [1.165, 1.54) is 0 Å². The highest BCUT2D eigenvalue weighted by molar-refractivity contribution is 7.90. The molecule has 2 rings (SSSR count). The van der Waals surface area contributed by atoms with Gasteiger partial charge in [0.25, 0.3) is 5.91 Å². The van der Waals surface area contributed by atoms with Crippen molar-refractivity contribution in [2.24, 2.45) is 0 Å². The molecule has 2 aromatic rings. The molecule has 0 saturated carbocycles. The van der Waals surface area contributed by atoms with Gasteiger partial charge in [0.2, 0.25) is 0 Å². The van der Waals surface area contributed by atoms with E-state index in [1.807, 2.05) is 6.92 Å². The second kappa shape index (κ2) is 8.56. The number of para-hydroxylation sites is 1. The number of rotatable bonds is 7. The van der Waals surface area contributed by atoms with Crippen molar-refractivity contribution in [1.82, 2.24) is 5.32 Å². The van der Waals surface area contributed by atoms with E-state index < -0.39 is 15.9 Å². The number of nitrogens with one attached hydrogen (secondary N) is 1. The van der Waals surface area contributed by atoms with Gasteiger partial charge in [-0.1, -0.05) is 42.8 Å². The molecule has 0 radical (unpaired) electrons. The summed E-state index contributed by atoms with van der Waals surface area (Å²) in [5, 5.41) is 3.36. The van der Waals surface area contributed by atoms with Gasteiger partial charge in [0.05, 0.1) is 16.0 Å². The van der Waals surface area contributed by atoms with Gasteiger partial charge >= 0.3 is 0 Å². The van der Waals surface area contributed by atoms with Crippen LogP contribution in [0.15, 0.2) is 53.4 Å². The molecule has 0 saturated heterocycles. The largest absolute Gasteiger partial charge is 0.479 e. The molecule has 1 N–H and O–H groups in total. The Labute approximate surface area is 159 Å². The molecule has 0 fully saturated rings. The Balaban J connectivity index is 2.06. The van der Waals surface area contributed by atoms with Gasteiger partial charge in [-0.3, -0.25) is 4.79 Å². The van der Waals surface area contributed by atoms with E-state index in [1.54, 1.807) is 55.5 Å². The molecule has 0 aliphatic rings. The summed E-state index contributed by atoms with van der Waals surface area (Å²) < 4.78 is 28.7. The number of halogens is 1. The van der Waals surface area contributed by atoms with Gasteiger partial charge in [0, 0.05) is 6.26 Å². The molecule has 7 heteroatoms. The molecule has 0 aliphatic carbocycles. The maximum atomic E-state index is 12.5. The minimum Gasteiger partial charge on any atom is -0.479 e. The number of amides is 1. The van der Waals surface area contributed by atoms with Gasteiger partial charge in [-0.15, -0.1) is 0 Å². The maximum Gasteiger partial charge on any atom is 0.261 e. The summed E-state index contributed by atoms with van der Waals surface area (Å²) in [6.45, 7) is 3.59. The third kappa shape index (κ3) is 5.22. The third-order valence-electron chi connectivity index (χ3n) is 3.94. The first-order valence-corrected chi connectivity index (χ1v) is 10.5. The third-order valence-corrected chi connectivity index (χ3v) is 5.39.